The van der Waals surface area contributed by atoms with Crippen LogP contribution >= 0.6 is 15.9 Å². The number of halogens is 1. The lowest BCUT2D eigenvalue weighted by molar-refractivity contribution is -0.146. The molecule has 0 aromatic rings. The van der Waals surface area contributed by atoms with Crippen molar-refractivity contribution in [1.29, 1.82) is 0 Å². The summed E-state index contributed by atoms with van der Waals surface area (Å²) in [5.74, 6) is 0.200. The second-order valence-electron chi connectivity index (χ2n) is 4.21. The highest BCUT2D eigenvalue weighted by atomic mass is 79.9. The monoisotopic (exact) mass is 316 g/mol. The molecule has 4 heteroatoms. The Labute approximate surface area is 117 Å². The van der Waals surface area contributed by atoms with E-state index in [2.05, 4.69) is 15.9 Å². The topological polar surface area (TPSA) is 35.5 Å². The van der Waals surface area contributed by atoms with E-state index in [1.165, 1.54) is 0 Å². The Morgan fingerprint density at radius 2 is 2.11 bits per heavy atom. The molecule has 1 rings (SSSR count). The number of carbonyl (C=O) groups is 1. The van der Waals surface area contributed by atoms with Crippen LogP contribution in [-0.2, 0) is 14.3 Å². The fraction of sp³-hybridized carbons (Fsp3) is 0.643. The minimum Gasteiger partial charge on any atom is -0.353 e. The van der Waals surface area contributed by atoms with Crippen LogP contribution in [0.5, 0.6) is 0 Å². The molecular formula is C14H21BrO3. The summed E-state index contributed by atoms with van der Waals surface area (Å²) in [6, 6.07) is 0. The molecule has 0 radical (unpaired) electrons. The smallest absolute Gasteiger partial charge is 0.164 e. The first-order chi connectivity index (χ1) is 8.58. The van der Waals surface area contributed by atoms with Gasteiger partial charge >= 0.3 is 0 Å². The van der Waals surface area contributed by atoms with E-state index < -0.39 is 0 Å². The van der Waals surface area contributed by atoms with Gasteiger partial charge in [-0.25, -0.2) is 0 Å². The van der Waals surface area contributed by atoms with Gasteiger partial charge in [-0.05, 0) is 26.7 Å². The number of carbonyl (C=O) groups excluding carboxylic acids is 1. The van der Waals surface area contributed by atoms with Crippen LogP contribution in [0.25, 0.3) is 0 Å². The predicted octanol–water partition coefficient (Wildman–Crippen LogP) is 3.73. The zero-order valence-corrected chi connectivity index (χ0v) is 12.8. The summed E-state index contributed by atoms with van der Waals surface area (Å²) in [5.41, 5.74) is 0.779. The van der Waals surface area contributed by atoms with Gasteiger partial charge in [0.1, 0.15) is 0 Å². The maximum absolute atomic E-state index is 11.6. The maximum Gasteiger partial charge on any atom is 0.164 e. The number of ether oxygens (including phenoxy) is 2. The summed E-state index contributed by atoms with van der Waals surface area (Å²) in [4.78, 5) is 11.6. The zero-order chi connectivity index (χ0) is 13.5. The Bertz CT molecular complexity index is 347. The van der Waals surface area contributed by atoms with Crippen LogP contribution in [0.3, 0.4) is 0 Å². The van der Waals surface area contributed by atoms with Crippen LogP contribution < -0.4 is 0 Å². The molecule has 102 valence electrons. The first-order valence-corrected chi connectivity index (χ1v) is 7.24. The van der Waals surface area contributed by atoms with Crippen LogP contribution in [0.1, 0.15) is 40.0 Å². The van der Waals surface area contributed by atoms with Crippen molar-refractivity contribution < 1.29 is 14.3 Å². The standard InChI is InChI=1S/C14H21BrO3/c1-4-11(18-10(3)17-5-2)6-7-12-13(15)8-9-14(12)16/h6-7,10-11H,4-5,8-9H2,1-3H3/b7-6+. The van der Waals surface area contributed by atoms with Crippen LogP contribution in [0.2, 0.25) is 0 Å². The Kier molecular flexibility index (Phi) is 6.82. The third-order valence-electron chi connectivity index (χ3n) is 2.81. The van der Waals surface area contributed by atoms with Gasteiger partial charge in [0.05, 0.1) is 6.10 Å². The molecule has 0 amide bonds. The summed E-state index contributed by atoms with van der Waals surface area (Å²) in [6.45, 7) is 6.51. The van der Waals surface area contributed by atoms with E-state index in [4.69, 9.17) is 9.47 Å². The molecule has 0 aliphatic heterocycles. The normalized spacial score (nSPS) is 19.9. The molecule has 0 aromatic carbocycles. The van der Waals surface area contributed by atoms with Crippen molar-refractivity contribution in [1.82, 2.24) is 0 Å². The molecule has 0 saturated carbocycles. The largest absolute Gasteiger partial charge is 0.353 e. The number of ketones is 1. The number of hydrogen-bond acceptors (Lipinski definition) is 3. The average Bonchev–Trinajstić information content (AvgIpc) is 2.65. The molecule has 2 atom stereocenters. The van der Waals surface area contributed by atoms with Gasteiger partial charge in [0.15, 0.2) is 12.1 Å². The molecular weight excluding hydrogens is 296 g/mol. The Morgan fingerprint density at radius 3 is 2.61 bits per heavy atom. The number of allylic oxidation sites excluding steroid dienone is 3. The van der Waals surface area contributed by atoms with Crippen molar-refractivity contribution >= 4 is 21.7 Å². The van der Waals surface area contributed by atoms with Gasteiger partial charge in [0, 0.05) is 23.1 Å². The Balaban J connectivity index is 2.57. The highest BCUT2D eigenvalue weighted by Crippen LogP contribution is 2.28. The fourth-order valence-electron chi connectivity index (χ4n) is 1.83. The Morgan fingerprint density at radius 1 is 1.39 bits per heavy atom. The molecule has 1 aliphatic carbocycles. The summed E-state index contributed by atoms with van der Waals surface area (Å²) in [7, 11) is 0. The van der Waals surface area contributed by atoms with Crippen molar-refractivity contribution in [2.24, 2.45) is 0 Å². The zero-order valence-electron chi connectivity index (χ0n) is 11.2. The number of rotatable bonds is 7. The lowest BCUT2D eigenvalue weighted by atomic mass is 10.1. The first kappa shape index (κ1) is 15.6. The fourth-order valence-corrected chi connectivity index (χ4v) is 2.38. The molecule has 18 heavy (non-hydrogen) atoms. The van der Waals surface area contributed by atoms with E-state index >= 15 is 0 Å². The van der Waals surface area contributed by atoms with Crippen LogP contribution in [0, 0.1) is 0 Å². The molecule has 1 aliphatic rings. The van der Waals surface area contributed by atoms with Gasteiger partial charge in [-0.2, -0.15) is 0 Å². The lowest BCUT2D eigenvalue weighted by Gasteiger charge is -2.18. The lowest BCUT2D eigenvalue weighted by Crippen LogP contribution is -2.20. The van der Waals surface area contributed by atoms with Gasteiger partial charge < -0.3 is 9.47 Å². The van der Waals surface area contributed by atoms with Crippen LogP contribution in [-0.4, -0.2) is 24.8 Å². The van der Waals surface area contributed by atoms with Crippen molar-refractivity contribution in [3.8, 4) is 0 Å². The second-order valence-corrected chi connectivity index (χ2v) is 5.16. The minimum absolute atomic E-state index is 0.0206. The van der Waals surface area contributed by atoms with E-state index in [0.717, 1.165) is 22.9 Å². The van der Waals surface area contributed by atoms with Gasteiger partial charge in [-0.1, -0.05) is 35.0 Å². The van der Waals surface area contributed by atoms with Gasteiger partial charge in [0.2, 0.25) is 0 Å². The van der Waals surface area contributed by atoms with Crippen molar-refractivity contribution in [3.63, 3.8) is 0 Å². The predicted molar refractivity (Wildman–Crippen MR) is 75.6 cm³/mol. The van der Waals surface area contributed by atoms with Crippen LogP contribution in [0.15, 0.2) is 22.2 Å². The summed E-state index contributed by atoms with van der Waals surface area (Å²) < 4.78 is 12.1. The molecule has 0 aromatic heterocycles. The number of Topliss-reactive ketones (excluding diaryl/α,β-unsaturated/α-hetero) is 1. The van der Waals surface area contributed by atoms with Crippen molar-refractivity contribution in [2.75, 3.05) is 6.61 Å². The first-order valence-electron chi connectivity index (χ1n) is 6.45. The van der Waals surface area contributed by atoms with E-state index in [1.54, 1.807) is 0 Å². The van der Waals surface area contributed by atoms with E-state index in [9.17, 15) is 4.79 Å². The summed E-state index contributed by atoms with van der Waals surface area (Å²) in [5, 5.41) is 0. The van der Waals surface area contributed by atoms with Gasteiger partial charge in [-0.3, -0.25) is 4.79 Å². The van der Waals surface area contributed by atoms with Gasteiger partial charge in [0.25, 0.3) is 0 Å². The highest BCUT2D eigenvalue weighted by molar-refractivity contribution is 9.11. The Hall–Kier alpha value is -0.450. The van der Waals surface area contributed by atoms with E-state index in [0.29, 0.717) is 13.0 Å². The second kappa shape index (κ2) is 7.87. The molecule has 2 unspecified atom stereocenters. The molecule has 0 fully saturated rings. The molecule has 0 spiro atoms. The average molecular weight is 317 g/mol. The minimum atomic E-state index is -0.221. The maximum atomic E-state index is 11.6. The van der Waals surface area contributed by atoms with Crippen molar-refractivity contribution in [2.45, 2.75) is 52.4 Å². The third kappa shape index (κ3) is 4.67. The van der Waals surface area contributed by atoms with Crippen molar-refractivity contribution in [3.05, 3.63) is 22.2 Å². The quantitative estimate of drug-likeness (QED) is 0.671. The molecule has 3 nitrogen and oxygen atoms in total. The molecule has 0 N–H and O–H groups in total. The van der Waals surface area contributed by atoms with E-state index in [1.807, 2.05) is 32.9 Å². The molecule has 0 saturated heterocycles. The third-order valence-corrected chi connectivity index (χ3v) is 3.64. The van der Waals surface area contributed by atoms with Gasteiger partial charge in [-0.15, -0.1) is 0 Å². The summed E-state index contributed by atoms with van der Waals surface area (Å²) >= 11 is 3.43. The van der Waals surface area contributed by atoms with Crippen LogP contribution in [0.4, 0.5) is 0 Å². The summed E-state index contributed by atoms with van der Waals surface area (Å²) in [6.07, 6.45) is 5.84. The molecule has 0 bridgehead atoms. The molecule has 0 heterocycles. The van der Waals surface area contributed by atoms with E-state index in [-0.39, 0.29) is 18.2 Å². The number of hydrogen-bond donors (Lipinski definition) is 0. The SMILES string of the molecule is CCOC(C)OC(/C=C/C1=C(Br)CCC1=O)CC. The highest BCUT2D eigenvalue weighted by Gasteiger charge is 2.19.